The summed E-state index contributed by atoms with van der Waals surface area (Å²) < 4.78 is 42.1. The van der Waals surface area contributed by atoms with Crippen molar-refractivity contribution in [2.45, 2.75) is 13.3 Å². The molecular formula is C9H8F3NO2. The molecule has 1 aromatic rings. The quantitative estimate of drug-likeness (QED) is 0.716. The minimum atomic E-state index is -2.93. The van der Waals surface area contributed by atoms with E-state index in [1.54, 1.807) is 0 Å². The molecule has 0 aliphatic rings. The van der Waals surface area contributed by atoms with Crippen LogP contribution in [0.15, 0.2) is 6.07 Å². The molecule has 0 N–H and O–H groups in total. The van der Waals surface area contributed by atoms with E-state index in [0.717, 1.165) is 13.2 Å². The third-order valence-electron chi connectivity index (χ3n) is 1.85. The van der Waals surface area contributed by atoms with Crippen molar-refractivity contribution in [1.82, 2.24) is 4.98 Å². The van der Waals surface area contributed by atoms with Crippen LogP contribution in [0.5, 0.6) is 0 Å². The van der Waals surface area contributed by atoms with Crippen molar-refractivity contribution in [2.75, 3.05) is 7.11 Å². The first-order valence-electron chi connectivity index (χ1n) is 4.01. The van der Waals surface area contributed by atoms with Gasteiger partial charge in [0.15, 0.2) is 5.69 Å². The van der Waals surface area contributed by atoms with Gasteiger partial charge in [-0.25, -0.2) is 22.9 Å². The second-order valence-corrected chi connectivity index (χ2v) is 2.79. The second-order valence-electron chi connectivity index (χ2n) is 2.79. The van der Waals surface area contributed by atoms with Crippen LogP contribution >= 0.6 is 0 Å². The Hall–Kier alpha value is -1.59. The van der Waals surface area contributed by atoms with Crippen LogP contribution in [0, 0.1) is 12.7 Å². The first-order chi connectivity index (χ1) is 6.97. The highest BCUT2D eigenvalue weighted by Crippen LogP contribution is 2.23. The minimum absolute atomic E-state index is 0.266. The van der Waals surface area contributed by atoms with E-state index in [0.29, 0.717) is 0 Å². The van der Waals surface area contributed by atoms with Crippen molar-refractivity contribution in [1.29, 1.82) is 0 Å². The van der Waals surface area contributed by atoms with Gasteiger partial charge in [-0.2, -0.15) is 0 Å². The van der Waals surface area contributed by atoms with Gasteiger partial charge in [0.25, 0.3) is 6.43 Å². The number of carbonyl (C=O) groups excluding carboxylic acids is 1. The normalized spacial score (nSPS) is 10.5. The fourth-order valence-electron chi connectivity index (χ4n) is 1.02. The minimum Gasteiger partial charge on any atom is -0.464 e. The summed E-state index contributed by atoms with van der Waals surface area (Å²) in [7, 11) is 1.06. The van der Waals surface area contributed by atoms with E-state index in [1.807, 2.05) is 0 Å². The molecule has 1 aromatic heterocycles. The number of nitrogens with zero attached hydrogens (tertiary/aromatic N) is 1. The van der Waals surface area contributed by atoms with Gasteiger partial charge in [-0.15, -0.1) is 0 Å². The van der Waals surface area contributed by atoms with E-state index in [4.69, 9.17) is 0 Å². The SMILES string of the molecule is COC(=O)c1cc(F)c(C)c(C(F)F)n1. The molecule has 0 fully saturated rings. The monoisotopic (exact) mass is 219 g/mol. The number of alkyl halides is 2. The van der Waals surface area contributed by atoms with Gasteiger partial charge in [0, 0.05) is 11.6 Å². The molecule has 15 heavy (non-hydrogen) atoms. The van der Waals surface area contributed by atoms with Crippen LogP contribution in [-0.4, -0.2) is 18.1 Å². The molecule has 82 valence electrons. The summed E-state index contributed by atoms with van der Waals surface area (Å²) in [5.74, 6) is -1.85. The lowest BCUT2D eigenvalue weighted by atomic mass is 10.2. The van der Waals surface area contributed by atoms with Crippen LogP contribution in [0.1, 0.15) is 28.2 Å². The Morgan fingerprint density at radius 2 is 2.13 bits per heavy atom. The van der Waals surface area contributed by atoms with Gasteiger partial charge in [0.1, 0.15) is 11.5 Å². The van der Waals surface area contributed by atoms with Crippen molar-refractivity contribution in [3.8, 4) is 0 Å². The molecule has 0 atom stereocenters. The first kappa shape index (κ1) is 11.5. The van der Waals surface area contributed by atoms with Crippen LogP contribution in [-0.2, 0) is 4.74 Å². The van der Waals surface area contributed by atoms with E-state index in [2.05, 4.69) is 9.72 Å². The molecule has 1 rings (SSSR count). The summed E-state index contributed by atoms with van der Waals surface area (Å²) in [6.07, 6.45) is -2.93. The summed E-state index contributed by atoms with van der Waals surface area (Å²) in [6, 6.07) is 0.771. The summed E-state index contributed by atoms with van der Waals surface area (Å²) in [6.45, 7) is 1.17. The average Bonchev–Trinajstić information content (AvgIpc) is 2.20. The van der Waals surface area contributed by atoms with Crippen LogP contribution < -0.4 is 0 Å². The van der Waals surface area contributed by atoms with Gasteiger partial charge in [-0.05, 0) is 6.92 Å². The summed E-state index contributed by atoms with van der Waals surface area (Å²) in [4.78, 5) is 14.3. The standard InChI is InChI=1S/C9H8F3NO2/c1-4-5(10)3-6(9(14)15-2)13-7(4)8(11)12/h3,8H,1-2H3. The number of pyridine rings is 1. The first-order valence-corrected chi connectivity index (χ1v) is 4.01. The van der Waals surface area contributed by atoms with Gasteiger partial charge >= 0.3 is 5.97 Å². The van der Waals surface area contributed by atoms with E-state index in [1.165, 1.54) is 6.92 Å². The zero-order chi connectivity index (χ0) is 11.6. The predicted octanol–water partition coefficient (Wildman–Crippen LogP) is 2.25. The highest BCUT2D eigenvalue weighted by Gasteiger charge is 2.20. The van der Waals surface area contributed by atoms with Gasteiger partial charge in [0.05, 0.1) is 7.11 Å². The summed E-state index contributed by atoms with van der Waals surface area (Å²) in [5, 5.41) is 0. The number of ether oxygens (including phenoxy) is 1. The molecule has 0 aromatic carbocycles. The third kappa shape index (κ3) is 2.26. The van der Waals surface area contributed by atoms with Gasteiger partial charge in [0.2, 0.25) is 0 Å². The maximum absolute atomic E-state index is 13.1. The lowest BCUT2D eigenvalue weighted by molar-refractivity contribution is 0.0591. The van der Waals surface area contributed by atoms with Crippen molar-refractivity contribution >= 4 is 5.97 Å². The lowest BCUT2D eigenvalue weighted by Gasteiger charge is -2.07. The topological polar surface area (TPSA) is 39.2 Å². The second kappa shape index (κ2) is 4.29. The maximum atomic E-state index is 13.1. The van der Waals surface area contributed by atoms with Crippen molar-refractivity contribution in [2.24, 2.45) is 0 Å². The fourth-order valence-corrected chi connectivity index (χ4v) is 1.02. The van der Waals surface area contributed by atoms with Crippen molar-refractivity contribution in [3.63, 3.8) is 0 Å². The smallest absolute Gasteiger partial charge is 0.356 e. The van der Waals surface area contributed by atoms with Gasteiger partial charge in [-0.3, -0.25) is 0 Å². The number of methoxy groups -OCH3 is 1. The molecule has 0 spiro atoms. The molecule has 3 nitrogen and oxygen atoms in total. The Kier molecular flexibility index (Phi) is 3.28. The highest BCUT2D eigenvalue weighted by atomic mass is 19.3. The van der Waals surface area contributed by atoms with Gasteiger partial charge in [-0.1, -0.05) is 0 Å². The molecule has 6 heteroatoms. The molecule has 0 aliphatic heterocycles. The zero-order valence-corrected chi connectivity index (χ0v) is 8.05. The molecule has 0 saturated heterocycles. The number of hydrogen-bond donors (Lipinski definition) is 0. The Morgan fingerprint density at radius 3 is 2.60 bits per heavy atom. The Bertz CT molecular complexity index is 393. The zero-order valence-electron chi connectivity index (χ0n) is 8.05. The molecule has 1 heterocycles. The molecule has 0 radical (unpaired) electrons. The number of rotatable bonds is 2. The van der Waals surface area contributed by atoms with Crippen molar-refractivity contribution < 1.29 is 22.7 Å². The molecule has 0 bridgehead atoms. The average molecular weight is 219 g/mol. The van der Waals surface area contributed by atoms with E-state index < -0.39 is 29.6 Å². The number of halogens is 3. The predicted molar refractivity (Wildman–Crippen MR) is 45.2 cm³/mol. The molecule has 0 saturated carbocycles. The molecule has 0 unspecified atom stereocenters. The third-order valence-corrected chi connectivity index (χ3v) is 1.85. The largest absolute Gasteiger partial charge is 0.464 e. The Labute approximate surface area is 83.9 Å². The van der Waals surface area contributed by atoms with E-state index in [-0.39, 0.29) is 5.56 Å². The Morgan fingerprint density at radius 1 is 1.53 bits per heavy atom. The maximum Gasteiger partial charge on any atom is 0.356 e. The molecule has 0 amide bonds. The fraction of sp³-hybridized carbons (Fsp3) is 0.333. The van der Waals surface area contributed by atoms with Crippen molar-refractivity contribution in [3.05, 3.63) is 28.8 Å². The van der Waals surface area contributed by atoms with Crippen LogP contribution in [0.2, 0.25) is 0 Å². The highest BCUT2D eigenvalue weighted by molar-refractivity contribution is 5.87. The van der Waals surface area contributed by atoms with E-state index >= 15 is 0 Å². The number of hydrogen-bond acceptors (Lipinski definition) is 3. The number of esters is 1. The van der Waals surface area contributed by atoms with E-state index in [9.17, 15) is 18.0 Å². The molecular weight excluding hydrogens is 211 g/mol. The van der Waals surface area contributed by atoms with Crippen LogP contribution in [0.25, 0.3) is 0 Å². The van der Waals surface area contributed by atoms with Crippen LogP contribution in [0.4, 0.5) is 13.2 Å². The summed E-state index contributed by atoms with van der Waals surface area (Å²) >= 11 is 0. The summed E-state index contributed by atoms with van der Waals surface area (Å²) in [5.41, 5.74) is -1.47. The number of carbonyl (C=O) groups is 1. The number of aromatic nitrogens is 1. The molecule has 0 aliphatic carbocycles. The van der Waals surface area contributed by atoms with Gasteiger partial charge < -0.3 is 4.74 Å². The van der Waals surface area contributed by atoms with Crippen LogP contribution in [0.3, 0.4) is 0 Å². The Balaban J connectivity index is 3.29. The lowest BCUT2D eigenvalue weighted by Crippen LogP contribution is -2.09.